The Morgan fingerprint density at radius 1 is 1.29 bits per heavy atom. The Morgan fingerprint density at radius 3 is 2.57 bits per heavy atom. The first-order valence-corrected chi connectivity index (χ1v) is 5.44. The maximum absolute atomic E-state index is 11.0. The monoisotopic (exact) mass is 211 g/mol. The van der Waals surface area contributed by atoms with Gasteiger partial charge in [-0.2, -0.15) is 8.42 Å². The predicted molar refractivity (Wildman–Crippen MR) is 53.6 cm³/mol. The van der Waals surface area contributed by atoms with Crippen molar-refractivity contribution >= 4 is 21.2 Å². The lowest BCUT2D eigenvalue weighted by molar-refractivity contribution is 0.474. The van der Waals surface area contributed by atoms with Crippen molar-refractivity contribution in [1.29, 1.82) is 0 Å². The fourth-order valence-corrected chi connectivity index (χ4v) is 2.20. The Morgan fingerprint density at radius 2 is 1.93 bits per heavy atom. The molecular weight excluding hydrogens is 202 g/mol. The number of hydrogen-bond donors (Lipinski definition) is 1. The van der Waals surface area contributed by atoms with Crippen molar-refractivity contribution in [1.82, 2.24) is 3.97 Å². The molecule has 0 aliphatic rings. The summed E-state index contributed by atoms with van der Waals surface area (Å²) in [6, 6.07) is 7.01. The highest BCUT2D eigenvalue weighted by Gasteiger charge is 2.13. The van der Waals surface area contributed by atoms with Crippen molar-refractivity contribution in [2.24, 2.45) is 0 Å². The van der Waals surface area contributed by atoms with Crippen LogP contribution in [-0.2, 0) is 10.3 Å². The van der Waals surface area contributed by atoms with Gasteiger partial charge in [-0.1, -0.05) is 18.2 Å². The zero-order valence-electron chi connectivity index (χ0n) is 7.51. The molecule has 5 heteroatoms. The second-order valence-electron chi connectivity index (χ2n) is 3.10. The van der Waals surface area contributed by atoms with Crippen molar-refractivity contribution in [3.05, 3.63) is 36.0 Å². The molecule has 0 radical (unpaired) electrons. The topological polar surface area (TPSA) is 59.3 Å². The molecule has 0 atom stereocenters. The number of benzene rings is 1. The van der Waals surface area contributed by atoms with Gasteiger partial charge < -0.3 is 0 Å². The zero-order chi connectivity index (χ0) is 10.3. The van der Waals surface area contributed by atoms with Crippen LogP contribution in [0.25, 0.3) is 10.9 Å². The lowest BCUT2D eigenvalue weighted by atomic mass is 10.2. The Bertz CT molecular complexity index is 583. The van der Waals surface area contributed by atoms with E-state index in [-0.39, 0.29) is 0 Å². The predicted octanol–water partition coefficient (Wildman–Crippen LogP) is 1.60. The van der Waals surface area contributed by atoms with Crippen molar-refractivity contribution in [2.75, 3.05) is 0 Å². The fraction of sp³-hybridized carbons (Fsp3) is 0.111. The molecule has 2 aromatic rings. The van der Waals surface area contributed by atoms with Gasteiger partial charge in [-0.25, -0.2) is 3.97 Å². The van der Waals surface area contributed by atoms with Gasteiger partial charge in [0.15, 0.2) is 0 Å². The maximum Gasteiger partial charge on any atom is 0.363 e. The van der Waals surface area contributed by atoms with E-state index in [1.807, 2.05) is 12.1 Å². The van der Waals surface area contributed by atoms with Gasteiger partial charge in [0.1, 0.15) is 0 Å². The summed E-state index contributed by atoms with van der Waals surface area (Å²) in [7, 11) is -4.19. The molecule has 1 aromatic carbocycles. The van der Waals surface area contributed by atoms with Gasteiger partial charge in [0.05, 0.1) is 5.52 Å². The third-order valence-electron chi connectivity index (χ3n) is 2.13. The van der Waals surface area contributed by atoms with E-state index >= 15 is 0 Å². The smallest absolute Gasteiger partial charge is 0.269 e. The zero-order valence-corrected chi connectivity index (χ0v) is 8.32. The Hall–Kier alpha value is -1.33. The Balaban J connectivity index is 2.93. The highest BCUT2D eigenvalue weighted by molar-refractivity contribution is 7.84. The molecule has 0 spiro atoms. The highest BCUT2D eigenvalue weighted by Crippen LogP contribution is 2.21. The van der Waals surface area contributed by atoms with E-state index in [0.29, 0.717) is 5.52 Å². The summed E-state index contributed by atoms with van der Waals surface area (Å²) in [6.07, 6.45) is 1.40. The van der Waals surface area contributed by atoms with Crippen LogP contribution in [0.2, 0.25) is 0 Å². The van der Waals surface area contributed by atoms with Crippen LogP contribution in [0.5, 0.6) is 0 Å². The van der Waals surface area contributed by atoms with Crippen LogP contribution in [0.4, 0.5) is 0 Å². The van der Waals surface area contributed by atoms with E-state index < -0.39 is 10.3 Å². The minimum absolute atomic E-state index is 0.493. The molecule has 1 heterocycles. The quantitative estimate of drug-likeness (QED) is 0.729. The van der Waals surface area contributed by atoms with Crippen LogP contribution in [0, 0.1) is 6.92 Å². The van der Waals surface area contributed by atoms with Crippen molar-refractivity contribution in [3.63, 3.8) is 0 Å². The van der Waals surface area contributed by atoms with Gasteiger partial charge in [0, 0.05) is 11.6 Å². The van der Waals surface area contributed by atoms with Crippen LogP contribution in [0.3, 0.4) is 0 Å². The molecule has 2 rings (SSSR count). The largest absolute Gasteiger partial charge is 0.363 e. The molecule has 0 unspecified atom stereocenters. The van der Waals surface area contributed by atoms with Crippen LogP contribution >= 0.6 is 0 Å². The van der Waals surface area contributed by atoms with E-state index in [9.17, 15) is 8.42 Å². The van der Waals surface area contributed by atoms with Crippen LogP contribution in [0.15, 0.2) is 30.5 Å². The van der Waals surface area contributed by atoms with Crippen LogP contribution in [-0.4, -0.2) is 16.9 Å². The molecule has 0 amide bonds. The summed E-state index contributed by atoms with van der Waals surface area (Å²) in [4.78, 5) is 0. The minimum Gasteiger partial charge on any atom is -0.269 e. The number of fused-ring (bicyclic) bond motifs is 1. The molecule has 4 nitrogen and oxygen atoms in total. The van der Waals surface area contributed by atoms with E-state index in [4.69, 9.17) is 4.55 Å². The standard InChI is InChI=1S/C9H9NO3S/c1-7-6-10(14(11,12)13)9-5-3-2-4-8(7)9/h2-6H,1H3,(H,11,12,13). The third kappa shape index (κ3) is 1.30. The van der Waals surface area contributed by atoms with Crippen LogP contribution in [0.1, 0.15) is 5.56 Å². The molecular formula is C9H9NO3S. The summed E-state index contributed by atoms with van der Waals surface area (Å²) in [5.74, 6) is 0. The third-order valence-corrected chi connectivity index (χ3v) is 2.93. The number of aromatic nitrogens is 1. The van der Waals surface area contributed by atoms with Crippen LogP contribution < -0.4 is 0 Å². The lowest BCUT2D eigenvalue weighted by Crippen LogP contribution is -2.08. The van der Waals surface area contributed by atoms with Gasteiger partial charge in [-0.15, -0.1) is 0 Å². The van der Waals surface area contributed by atoms with Crippen molar-refractivity contribution in [3.8, 4) is 0 Å². The molecule has 1 aromatic heterocycles. The van der Waals surface area contributed by atoms with E-state index in [1.54, 1.807) is 19.1 Å². The van der Waals surface area contributed by atoms with Crippen molar-refractivity contribution in [2.45, 2.75) is 6.92 Å². The average Bonchev–Trinajstić information content (AvgIpc) is 2.44. The summed E-state index contributed by atoms with van der Waals surface area (Å²) >= 11 is 0. The molecule has 0 fully saturated rings. The van der Waals surface area contributed by atoms with Gasteiger partial charge in [-0.3, -0.25) is 4.55 Å². The first-order chi connectivity index (χ1) is 6.50. The number of nitrogens with zero attached hydrogens (tertiary/aromatic N) is 1. The molecule has 1 N–H and O–H groups in total. The number of rotatable bonds is 1. The Kier molecular flexibility index (Phi) is 1.87. The minimum atomic E-state index is -4.19. The number of aryl methyl sites for hydroxylation is 1. The van der Waals surface area contributed by atoms with Gasteiger partial charge >= 0.3 is 10.3 Å². The molecule has 0 bridgehead atoms. The summed E-state index contributed by atoms with van der Waals surface area (Å²) in [5, 5.41) is 0.824. The summed E-state index contributed by atoms with van der Waals surface area (Å²) in [5.41, 5.74) is 1.31. The molecule has 74 valence electrons. The molecule has 0 aliphatic carbocycles. The molecule has 0 saturated carbocycles. The van der Waals surface area contributed by atoms with Crippen molar-refractivity contribution < 1.29 is 13.0 Å². The maximum atomic E-state index is 11.0. The SMILES string of the molecule is Cc1cn(S(=O)(=O)O)c2ccccc12. The second kappa shape index (κ2) is 2.83. The van der Waals surface area contributed by atoms with Gasteiger partial charge in [0.2, 0.25) is 0 Å². The lowest BCUT2D eigenvalue weighted by Gasteiger charge is -1.98. The molecule has 0 aliphatic heterocycles. The average molecular weight is 211 g/mol. The molecule has 14 heavy (non-hydrogen) atoms. The summed E-state index contributed by atoms with van der Waals surface area (Å²) in [6.45, 7) is 1.80. The first-order valence-electron chi connectivity index (χ1n) is 4.05. The fourth-order valence-electron chi connectivity index (χ4n) is 1.51. The highest BCUT2D eigenvalue weighted by atomic mass is 32.2. The van der Waals surface area contributed by atoms with E-state index in [0.717, 1.165) is 14.9 Å². The summed E-state index contributed by atoms with van der Waals surface area (Å²) < 4.78 is 31.8. The Labute approximate surface area is 81.7 Å². The molecule has 0 saturated heterocycles. The van der Waals surface area contributed by atoms with E-state index in [1.165, 1.54) is 6.20 Å². The van der Waals surface area contributed by atoms with Gasteiger partial charge in [-0.05, 0) is 18.6 Å². The van der Waals surface area contributed by atoms with Gasteiger partial charge in [0.25, 0.3) is 0 Å². The second-order valence-corrected chi connectivity index (χ2v) is 4.39. The first kappa shape index (κ1) is 9.23. The number of para-hydroxylation sites is 1. The number of hydrogen-bond acceptors (Lipinski definition) is 2. The van der Waals surface area contributed by atoms with E-state index in [2.05, 4.69) is 0 Å². The normalized spacial score (nSPS) is 12.1.